The number of nitrogens with zero attached hydrogens (tertiary/aromatic N) is 1. The van der Waals surface area contributed by atoms with Gasteiger partial charge in [-0.05, 0) is 23.8 Å². The topological polar surface area (TPSA) is 86.5 Å². The van der Waals surface area contributed by atoms with Crippen molar-refractivity contribution in [1.82, 2.24) is 0 Å². The van der Waals surface area contributed by atoms with Crippen molar-refractivity contribution in [2.24, 2.45) is 0 Å². The van der Waals surface area contributed by atoms with Gasteiger partial charge in [0.05, 0.1) is 17.6 Å². The molecule has 0 atom stereocenters. The molecule has 0 unspecified atom stereocenters. The van der Waals surface area contributed by atoms with Gasteiger partial charge in [0.1, 0.15) is 0 Å². The van der Waals surface area contributed by atoms with Crippen molar-refractivity contribution in [3.8, 4) is 0 Å². The molecule has 0 aliphatic rings. The Morgan fingerprint density at radius 1 is 1.47 bits per heavy atom. The number of methoxy groups -OCH3 is 1. The van der Waals surface area contributed by atoms with Gasteiger partial charge in [0.25, 0.3) is 5.69 Å². The second-order valence-electron chi connectivity index (χ2n) is 3.05. The number of hydrogen-bond acceptors (Lipinski definition) is 5. The number of hydrogen-bond donors (Lipinski definition) is 0. The summed E-state index contributed by atoms with van der Waals surface area (Å²) in [6, 6.07) is 3.97. The molecule has 0 saturated carbocycles. The molecule has 1 aromatic carbocycles. The summed E-state index contributed by atoms with van der Waals surface area (Å²) >= 11 is 0. The molecule has 0 heterocycles. The fourth-order valence-electron chi connectivity index (χ4n) is 1.17. The molecular formula is C11H9NO5. The number of carbonyl (C=O) groups is 2. The molecular weight excluding hydrogens is 226 g/mol. The number of aldehydes is 1. The van der Waals surface area contributed by atoms with Crippen LogP contribution in [0.4, 0.5) is 5.69 Å². The first-order valence-corrected chi connectivity index (χ1v) is 4.58. The number of rotatable bonds is 4. The minimum absolute atomic E-state index is 0.0398. The minimum Gasteiger partial charge on any atom is -0.466 e. The zero-order chi connectivity index (χ0) is 12.8. The van der Waals surface area contributed by atoms with Crippen LogP contribution in [0.15, 0.2) is 24.3 Å². The molecule has 6 nitrogen and oxygen atoms in total. The van der Waals surface area contributed by atoms with Gasteiger partial charge in [-0.15, -0.1) is 0 Å². The van der Waals surface area contributed by atoms with Gasteiger partial charge in [-0.3, -0.25) is 14.9 Å². The number of carbonyl (C=O) groups excluding carboxylic acids is 2. The summed E-state index contributed by atoms with van der Waals surface area (Å²) < 4.78 is 4.39. The lowest BCUT2D eigenvalue weighted by molar-refractivity contribution is -0.385. The van der Waals surface area contributed by atoms with Crippen LogP contribution in [0.1, 0.15) is 15.9 Å². The molecule has 0 bridgehead atoms. The molecule has 1 rings (SSSR count). The predicted molar refractivity (Wildman–Crippen MR) is 59.5 cm³/mol. The Morgan fingerprint density at radius 3 is 2.71 bits per heavy atom. The summed E-state index contributed by atoms with van der Waals surface area (Å²) in [5, 5.41) is 10.6. The normalized spacial score (nSPS) is 10.2. The Balaban J connectivity index is 3.06. The van der Waals surface area contributed by atoms with Crippen LogP contribution >= 0.6 is 0 Å². The standard InChI is InChI=1S/C11H9NO5/c1-17-11(14)5-3-8-2-4-10(12(15)16)9(6-8)7-13/h2-7H,1H3. The molecule has 88 valence electrons. The van der Waals surface area contributed by atoms with Gasteiger partial charge < -0.3 is 4.74 Å². The van der Waals surface area contributed by atoms with E-state index in [4.69, 9.17) is 0 Å². The Hall–Kier alpha value is -2.50. The zero-order valence-electron chi connectivity index (χ0n) is 8.95. The van der Waals surface area contributed by atoms with E-state index in [9.17, 15) is 19.7 Å². The van der Waals surface area contributed by atoms with Crippen LogP contribution in [0.5, 0.6) is 0 Å². The average molecular weight is 235 g/mol. The number of nitro groups is 1. The molecule has 0 aromatic heterocycles. The van der Waals surface area contributed by atoms with Crippen molar-refractivity contribution in [2.75, 3.05) is 7.11 Å². The van der Waals surface area contributed by atoms with Gasteiger partial charge in [-0.25, -0.2) is 4.79 Å². The lowest BCUT2D eigenvalue weighted by Gasteiger charge is -1.97. The van der Waals surface area contributed by atoms with E-state index in [-0.39, 0.29) is 11.3 Å². The van der Waals surface area contributed by atoms with E-state index in [1.165, 1.54) is 31.4 Å². The van der Waals surface area contributed by atoms with E-state index in [2.05, 4.69) is 4.74 Å². The predicted octanol–water partition coefficient (Wildman–Crippen LogP) is 1.59. The highest BCUT2D eigenvalue weighted by atomic mass is 16.6. The van der Waals surface area contributed by atoms with Gasteiger partial charge in [0.2, 0.25) is 0 Å². The van der Waals surface area contributed by atoms with Crippen molar-refractivity contribution in [3.05, 3.63) is 45.5 Å². The van der Waals surface area contributed by atoms with Crippen LogP contribution in [0.2, 0.25) is 0 Å². The Labute approximate surface area is 96.7 Å². The van der Waals surface area contributed by atoms with Crippen LogP contribution in [-0.4, -0.2) is 24.3 Å². The van der Waals surface area contributed by atoms with E-state index in [1.54, 1.807) is 0 Å². The third-order valence-corrected chi connectivity index (χ3v) is 1.99. The Kier molecular flexibility index (Phi) is 4.10. The first-order valence-electron chi connectivity index (χ1n) is 4.58. The monoisotopic (exact) mass is 235 g/mol. The summed E-state index contributed by atoms with van der Waals surface area (Å²) in [6.45, 7) is 0. The maximum absolute atomic E-state index is 10.8. The van der Waals surface area contributed by atoms with Gasteiger partial charge >= 0.3 is 5.97 Å². The van der Waals surface area contributed by atoms with Crippen LogP contribution in [0.25, 0.3) is 6.08 Å². The largest absolute Gasteiger partial charge is 0.466 e. The SMILES string of the molecule is COC(=O)C=Cc1ccc([N+](=O)[O-])c(C=O)c1. The third-order valence-electron chi connectivity index (χ3n) is 1.99. The van der Waals surface area contributed by atoms with Gasteiger partial charge in [0.15, 0.2) is 6.29 Å². The molecule has 1 aromatic rings. The van der Waals surface area contributed by atoms with E-state index >= 15 is 0 Å². The average Bonchev–Trinajstić information content (AvgIpc) is 2.35. The summed E-state index contributed by atoms with van der Waals surface area (Å²) in [7, 11) is 1.24. The second-order valence-corrected chi connectivity index (χ2v) is 3.05. The van der Waals surface area contributed by atoms with Crippen molar-refractivity contribution < 1.29 is 19.2 Å². The van der Waals surface area contributed by atoms with Crippen LogP contribution < -0.4 is 0 Å². The fraction of sp³-hybridized carbons (Fsp3) is 0.0909. The zero-order valence-corrected chi connectivity index (χ0v) is 8.95. The summed E-state index contributed by atoms with van der Waals surface area (Å²) in [5.74, 6) is -0.545. The lowest BCUT2D eigenvalue weighted by atomic mass is 10.1. The van der Waals surface area contributed by atoms with Crippen LogP contribution in [-0.2, 0) is 9.53 Å². The quantitative estimate of drug-likeness (QED) is 0.260. The maximum atomic E-state index is 10.8. The van der Waals surface area contributed by atoms with E-state index in [0.29, 0.717) is 11.8 Å². The van der Waals surface area contributed by atoms with E-state index in [1.807, 2.05) is 0 Å². The molecule has 0 radical (unpaired) electrons. The summed E-state index contributed by atoms with van der Waals surface area (Å²) in [5.41, 5.74) is 0.195. The lowest BCUT2D eigenvalue weighted by Crippen LogP contribution is -1.95. The van der Waals surface area contributed by atoms with E-state index < -0.39 is 10.9 Å². The maximum Gasteiger partial charge on any atom is 0.330 e. The highest BCUT2D eigenvalue weighted by Crippen LogP contribution is 2.18. The smallest absolute Gasteiger partial charge is 0.330 e. The molecule has 0 N–H and O–H groups in total. The first kappa shape index (κ1) is 12.6. The highest BCUT2D eigenvalue weighted by molar-refractivity contribution is 5.88. The van der Waals surface area contributed by atoms with E-state index in [0.717, 1.165) is 6.08 Å². The van der Waals surface area contributed by atoms with Crippen molar-refractivity contribution in [2.45, 2.75) is 0 Å². The van der Waals surface area contributed by atoms with Gasteiger partial charge in [0, 0.05) is 12.1 Å². The Morgan fingerprint density at radius 2 is 2.18 bits per heavy atom. The molecule has 0 aliphatic heterocycles. The van der Waals surface area contributed by atoms with Gasteiger partial charge in [-0.2, -0.15) is 0 Å². The third kappa shape index (κ3) is 3.23. The molecule has 6 heteroatoms. The number of benzene rings is 1. The van der Waals surface area contributed by atoms with Crippen molar-refractivity contribution in [3.63, 3.8) is 0 Å². The molecule has 0 aliphatic carbocycles. The number of nitro benzene ring substituents is 1. The highest BCUT2D eigenvalue weighted by Gasteiger charge is 2.12. The number of ether oxygens (including phenoxy) is 1. The van der Waals surface area contributed by atoms with Crippen LogP contribution in [0, 0.1) is 10.1 Å². The minimum atomic E-state index is -0.641. The molecule has 0 saturated heterocycles. The molecule has 0 spiro atoms. The second kappa shape index (κ2) is 5.55. The molecule has 0 fully saturated rings. The van der Waals surface area contributed by atoms with Gasteiger partial charge in [-0.1, -0.05) is 0 Å². The molecule has 0 amide bonds. The summed E-state index contributed by atoms with van der Waals surface area (Å²) in [6.07, 6.45) is 2.96. The Bertz CT molecular complexity index is 493. The fourth-order valence-corrected chi connectivity index (χ4v) is 1.17. The van der Waals surface area contributed by atoms with Crippen LogP contribution in [0.3, 0.4) is 0 Å². The number of esters is 1. The molecule has 17 heavy (non-hydrogen) atoms. The van der Waals surface area contributed by atoms with Crippen molar-refractivity contribution >= 4 is 24.0 Å². The first-order chi connectivity index (χ1) is 8.08. The van der Waals surface area contributed by atoms with Crippen molar-refractivity contribution in [1.29, 1.82) is 0 Å². The summed E-state index contributed by atoms with van der Waals surface area (Å²) in [4.78, 5) is 31.4.